The van der Waals surface area contributed by atoms with Crippen molar-refractivity contribution in [1.82, 2.24) is 5.32 Å². The molecule has 0 unspecified atom stereocenters. The van der Waals surface area contributed by atoms with Crippen LogP contribution in [0.15, 0.2) is 22.7 Å². The Bertz CT molecular complexity index is 327. The summed E-state index contributed by atoms with van der Waals surface area (Å²) in [6.45, 7) is 0.0978. The van der Waals surface area contributed by atoms with E-state index in [2.05, 4.69) is 21.2 Å². The Morgan fingerprint density at radius 3 is 2.85 bits per heavy atom. The second-order valence-electron chi connectivity index (χ2n) is 2.41. The van der Waals surface area contributed by atoms with E-state index in [0.717, 1.165) is 0 Å². The number of benzene rings is 1. The molecule has 0 heterocycles. The molecule has 5 heteroatoms. The van der Waals surface area contributed by atoms with E-state index in [1.54, 1.807) is 18.2 Å². The molecule has 3 N–H and O–H groups in total. The van der Waals surface area contributed by atoms with Gasteiger partial charge in [0.15, 0.2) is 0 Å². The van der Waals surface area contributed by atoms with Crippen LogP contribution in [0.4, 0.5) is 4.79 Å². The predicted octanol–water partition coefficient (Wildman–Crippen LogP) is 1.92. The molecule has 0 saturated carbocycles. The van der Waals surface area contributed by atoms with E-state index in [1.165, 1.54) is 0 Å². The van der Waals surface area contributed by atoms with Gasteiger partial charge < -0.3 is 15.5 Å². The van der Waals surface area contributed by atoms with Gasteiger partial charge in [0.1, 0.15) is 5.75 Å². The second kappa shape index (κ2) is 4.13. The SMILES string of the molecule is O=C(O)NCc1cccc(Br)c1O. The fourth-order valence-electron chi connectivity index (χ4n) is 0.873. The van der Waals surface area contributed by atoms with E-state index in [-0.39, 0.29) is 12.3 Å². The maximum atomic E-state index is 10.2. The van der Waals surface area contributed by atoms with Crippen LogP contribution < -0.4 is 5.32 Å². The predicted molar refractivity (Wildman–Crippen MR) is 50.7 cm³/mol. The smallest absolute Gasteiger partial charge is 0.404 e. The number of nitrogens with one attached hydrogen (secondary N) is 1. The number of hydrogen-bond donors (Lipinski definition) is 3. The van der Waals surface area contributed by atoms with Gasteiger partial charge in [0, 0.05) is 12.1 Å². The van der Waals surface area contributed by atoms with Crippen LogP contribution >= 0.6 is 15.9 Å². The van der Waals surface area contributed by atoms with Crippen molar-refractivity contribution < 1.29 is 15.0 Å². The maximum Gasteiger partial charge on any atom is 0.404 e. The number of carboxylic acid groups (broad SMARTS) is 1. The van der Waals surface area contributed by atoms with Crippen LogP contribution in [0.1, 0.15) is 5.56 Å². The number of para-hydroxylation sites is 1. The number of carbonyl (C=O) groups is 1. The van der Waals surface area contributed by atoms with Crippen molar-refractivity contribution in [3.8, 4) is 5.75 Å². The van der Waals surface area contributed by atoms with Gasteiger partial charge in [0.05, 0.1) is 4.47 Å². The van der Waals surface area contributed by atoms with Gasteiger partial charge in [-0.25, -0.2) is 4.79 Å². The Balaban J connectivity index is 2.77. The average molecular weight is 246 g/mol. The fraction of sp³-hybridized carbons (Fsp3) is 0.125. The van der Waals surface area contributed by atoms with Gasteiger partial charge in [-0.2, -0.15) is 0 Å². The third-order valence-corrected chi connectivity index (χ3v) is 2.14. The molecule has 1 aromatic carbocycles. The summed E-state index contributed by atoms with van der Waals surface area (Å²) in [6.07, 6.45) is -1.11. The van der Waals surface area contributed by atoms with E-state index in [1.807, 2.05) is 0 Å². The summed E-state index contributed by atoms with van der Waals surface area (Å²) >= 11 is 3.13. The molecule has 1 aromatic rings. The maximum absolute atomic E-state index is 10.2. The second-order valence-corrected chi connectivity index (χ2v) is 3.26. The molecule has 0 aromatic heterocycles. The van der Waals surface area contributed by atoms with Crippen LogP contribution in [-0.4, -0.2) is 16.3 Å². The van der Waals surface area contributed by atoms with Crippen LogP contribution in [0.3, 0.4) is 0 Å². The minimum absolute atomic E-state index is 0.0660. The first-order valence-electron chi connectivity index (χ1n) is 3.54. The lowest BCUT2D eigenvalue weighted by molar-refractivity contribution is 0.194. The van der Waals surface area contributed by atoms with Gasteiger partial charge in [0.2, 0.25) is 0 Å². The van der Waals surface area contributed by atoms with E-state index in [4.69, 9.17) is 5.11 Å². The highest BCUT2D eigenvalue weighted by molar-refractivity contribution is 9.10. The molecular formula is C8H8BrNO3. The number of halogens is 1. The molecular weight excluding hydrogens is 238 g/mol. The van der Waals surface area contributed by atoms with E-state index in [9.17, 15) is 9.90 Å². The number of phenolic OH excluding ortho intramolecular Hbond substituents is 1. The Kier molecular flexibility index (Phi) is 3.13. The molecule has 0 radical (unpaired) electrons. The van der Waals surface area contributed by atoms with Crippen LogP contribution in [-0.2, 0) is 6.54 Å². The minimum atomic E-state index is -1.11. The monoisotopic (exact) mass is 245 g/mol. The summed E-state index contributed by atoms with van der Waals surface area (Å²) in [7, 11) is 0. The highest BCUT2D eigenvalue weighted by Gasteiger charge is 2.04. The summed E-state index contributed by atoms with van der Waals surface area (Å²) in [5.74, 6) is 0.0660. The zero-order valence-corrected chi connectivity index (χ0v) is 8.21. The molecule has 0 atom stereocenters. The average Bonchev–Trinajstić information content (AvgIpc) is 2.07. The van der Waals surface area contributed by atoms with Gasteiger partial charge in [-0.05, 0) is 22.0 Å². The Morgan fingerprint density at radius 2 is 2.23 bits per heavy atom. The topological polar surface area (TPSA) is 69.6 Å². The van der Waals surface area contributed by atoms with Gasteiger partial charge in [-0.1, -0.05) is 12.1 Å². The first kappa shape index (κ1) is 9.85. The summed E-state index contributed by atoms with van der Waals surface area (Å²) in [5, 5.41) is 19.9. The number of phenols is 1. The van der Waals surface area contributed by atoms with Crippen LogP contribution in [0.5, 0.6) is 5.75 Å². The molecule has 0 saturated heterocycles. The zero-order valence-electron chi connectivity index (χ0n) is 6.62. The van der Waals surface area contributed by atoms with E-state index < -0.39 is 6.09 Å². The van der Waals surface area contributed by atoms with Crippen molar-refractivity contribution in [2.24, 2.45) is 0 Å². The molecule has 0 fully saturated rings. The summed E-state index contributed by atoms with van der Waals surface area (Å²) < 4.78 is 0.553. The van der Waals surface area contributed by atoms with Crippen LogP contribution in [0.25, 0.3) is 0 Å². The first-order valence-corrected chi connectivity index (χ1v) is 4.33. The first-order chi connectivity index (χ1) is 6.11. The fourth-order valence-corrected chi connectivity index (χ4v) is 1.28. The highest BCUT2D eigenvalue weighted by atomic mass is 79.9. The standard InChI is InChI=1S/C8H8BrNO3/c9-6-3-1-2-5(7(6)11)4-10-8(12)13/h1-3,10-11H,4H2,(H,12,13). The molecule has 70 valence electrons. The summed E-state index contributed by atoms with van der Waals surface area (Å²) in [5.41, 5.74) is 0.539. The quantitative estimate of drug-likeness (QED) is 0.746. The third kappa shape index (κ3) is 2.62. The number of hydrogen-bond acceptors (Lipinski definition) is 2. The van der Waals surface area contributed by atoms with Crippen molar-refractivity contribution >= 4 is 22.0 Å². The van der Waals surface area contributed by atoms with Crippen LogP contribution in [0, 0.1) is 0 Å². The zero-order chi connectivity index (χ0) is 9.84. The van der Waals surface area contributed by atoms with Gasteiger partial charge in [-0.3, -0.25) is 0 Å². The molecule has 0 bridgehead atoms. The normalized spacial score (nSPS) is 9.62. The Labute approximate surface area is 83.3 Å². The van der Waals surface area contributed by atoms with Gasteiger partial charge >= 0.3 is 6.09 Å². The van der Waals surface area contributed by atoms with E-state index >= 15 is 0 Å². The molecule has 0 aliphatic carbocycles. The minimum Gasteiger partial charge on any atom is -0.506 e. The van der Waals surface area contributed by atoms with Crippen molar-refractivity contribution in [2.75, 3.05) is 0 Å². The highest BCUT2D eigenvalue weighted by Crippen LogP contribution is 2.26. The van der Waals surface area contributed by atoms with Gasteiger partial charge in [0.25, 0.3) is 0 Å². The molecule has 1 amide bonds. The molecule has 4 nitrogen and oxygen atoms in total. The largest absolute Gasteiger partial charge is 0.506 e. The molecule has 0 spiro atoms. The lowest BCUT2D eigenvalue weighted by atomic mass is 10.2. The Hall–Kier alpha value is -1.23. The number of aromatic hydroxyl groups is 1. The molecule has 0 aliphatic heterocycles. The summed E-state index contributed by atoms with van der Waals surface area (Å²) in [4.78, 5) is 10.2. The lowest BCUT2D eigenvalue weighted by Crippen LogP contribution is -2.19. The van der Waals surface area contributed by atoms with Crippen molar-refractivity contribution in [3.63, 3.8) is 0 Å². The third-order valence-electron chi connectivity index (χ3n) is 1.50. The lowest BCUT2D eigenvalue weighted by Gasteiger charge is -2.05. The Morgan fingerprint density at radius 1 is 1.54 bits per heavy atom. The molecule has 0 aliphatic rings. The van der Waals surface area contributed by atoms with E-state index in [0.29, 0.717) is 10.0 Å². The number of rotatable bonds is 2. The van der Waals surface area contributed by atoms with Crippen molar-refractivity contribution in [3.05, 3.63) is 28.2 Å². The van der Waals surface area contributed by atoms with Crippen molar-refractivity contribution in [2.45, 2.75) is 6.54 Å². The molecule has 13 heavy (non-hydrogen) atoms. The van der Waals surface area contributed by atoms with Crippen LogP contribution in [0.2, 0.25) is 0 Å². The van der Waals surface area contributed by atoms with Crippen molar-refractivity contribution in [1.29, 1.82) is 0 Å². The molecule has 1 rings (SSSR count). The van der Waals surface area contributed by atoms with Gasteiger partial charge in [-0.15, -0.1) is 0 Å². The number of amides is 1. The summed E-state index contributed by atoms with van der Waals surface area (Å²) in [6, 6.07) is 5.05.